The molecule has 0 aliphatic carbocycles. The summed E-state index contributed by atoms with van der Waals surface area (Å²) in [6, 6.07) is 56.2. The Morgan fingerprint density at radius 3 is 0.892 bits per heavy atom. The van der Waals surface area contributed by atoms with Crippen molar-refractivity contribution in [3.63, 3.8) is 0 Å². The predicted molar refractivity (Wildman–Crippen MR) is 171 cm³/mol. The molecule has 5 aromatic rings. The minimum absolute atomic E-state index is 0. The summed E-state index contributed by atoms with van der Waals surface area (Å²) in [5, 5.41) is 7.41. The summed E-state index contributed by atoms with van der Waals surface area (Å²) in [5.41, 5.74) is 0. The maximum atomic E-state index is 2.36. The van der Waals surface area contributed by atoms with Crippen molar-refractivity contribution < 1.29 is 19.5 Å². The predicted octanol–water partition coefficient (Wildman–Crippen LogP) is 6.88. The third-order valence-corrected chi connectivity index (χ3v) is 16.0. The van der Waals surface area contributed by atoms with Gasteiger partial charge in [-0.25, -0.2) is 0 Å². The summed E-state index contributed by atoms with van der Waals surface area (Å²) in [6.45, 7) is 0. The molecular formula is C34H38P2Ru+. The van der Waals surface area contributed by atoms with Crippen LogP contribution in [0.3, 0.4) is 0 Å². The second kappa shape index (κ2) is 15.7. The van der Waals surface area contributed by atoms with E-state index in [4.69, 9.17) is 0 Å². The molecule has 0 aromatic heterocycles. The summed E-state index contributed by atoms with van der Waals surface area (Å²) in [6.07, 6.45) is 0. The Morgan fingerprint density at radius 1 is 0.378 bits per heavy atom. The molecule has 0 nitrogen and oxygen atoms in total. The van der Waals surface area contributed by atoms with E-state index in [1.54, 1.807) is 0 Å². The van der Waals surface area contributed by atoms with E-state index >= 15 is 0 Å². The first kappa shape index (κ1) is 32.6. The molecule has 0 unspecified atom stereocenters. The molecule has 191 valence electrons. The molecule has 0 amide bonds. The molecule has 0 aliphatic rings. The minimum atomic E-state index is -2.31. The van der Waals surface area contributed by atoms with Crippen LogP contribution < -0.4 is 26.5 Å². The average Bonchev–Trinajstić information content (AvgIpc) is 2.92. The van der Waals surface area contributed by atoms with Gasteiger partial charge in [0.15, 0.2) is 0 Å². The summed E-state index contributed by atoms with van der Waals surface area (Å²) < 4.78 is 0. The van der Waals surface area contributed by atoms with E-state index in [2.05, 4.69) is 152 Å². The first-order valence-corrected chi connectivity index (χ1v) is 15.4. The third kappa shape index (κ3) is 7.12. The molecule has 0 atom stereocenters. The number of rotatable bonds is 7. The van der Waals surface area contributed by atoms with E-state index in [0.29, 0.717) is 0 Å². The van der Waals surface area contributed by atoms with Crippen molar-refractivity contribution in [2.45, 2.75) is 0 Å². The molecule has 3 heteroatoms. The zero-order valence-corrected chi connectivity index (χ0v) is 25.7. The van der Waals surface area contributed by atoms with E-state index in [1.807, 2.05) is 0 Å². The molecule has 0 N–H and O–H groups in total. The normalized spacial score (nSPS) is 10.6. The maximum absolute atomic E-state index is 2.36. The van der Waals surface area contributed by atoms with Crippen LogP contribution in [0.15, 0.2) is 152 Å². The van der Waals surface area contributed by atoms with Crippen molar-refractivity contribution in [1.29, 1.82) is 0 Å². The number of hydrogen-bond donors (Lipinski definition) is 0. The van der Waals surface area contributed by atoms with Gasteiger partial charge in [0.25, 0.3) is 0 Å². The molecule has 37 heavy (non-hydrogen) atoms. The van der Waals surface area contributed by atoms with Crippen LogP contribution in [0.5, 0.6) is 0 Å². The fraction of sp³-hybridized carbons (Fsp3) is 0.0294. The first-order valence-electron chi connectivity index (χ1n) is 11.5. The van der Waals surface area contributed by atoms with Crippen LogP contribution in [0, 0.1) is 22.3 Å². The van der Waals surface area contributed by atoms with Gasteiger partial charge in [-0.05, 0) is 0 Å². The molecule has 0 saturated carbocycles. The van der Waals surface area contributed by atoms with Crippen molar-refractivity contribution in [3.05, 3.63) is 174 Å². The van der Waals surface area contributed by atoms with Gasteiger partial charge in [-0.1, -0.05) is 0 Å². The third-order valence-electron chi connectivity index (χ3n) is 6.49. The Hall–Kier alpha value is -2.42. The summed E-state index contributed by atoms with van der Waals surface area (Å²) >= 11 is 0. The number of benzene rings is 5. The van der Waals surface area contributed by atoms with Crippen LogP contribution in [0.25, 0.3) is 0 Å². The monoisotopic (exact) mass is 610 g/mol. The Balaban J connectivity index is 0.00000171. The van der Waals surface area contributed by atoms with Crippen LogP contribution in [-0.2, 0) is 19.5 Å². The molecule has 5 rings (SSSR count). The molecule has 0 heterocycles. The van der Waals surface area contributed by atoms with Gasteiger partial charge in [-0.15, -0.1) is 0 Å². The Morgan fingerprint density at radius 2 is 0.622 bits per heavy atom. The molecule has 0 saturated heterocycles. The summed E-state index contributed by atoms with van der Waals surface area (Å²) in [4.78, 5) is 0. The van der Waals surface area contributed by atoms with Gasteiger partial charge in [0, 0.05) is 0 Å². The van der Waals surface area contributed by atoms with Gasteiger partial charge in [-0.2, -0.15) is 0 Å². The van der Waals surface area contributed by atoms with Crippen LogP contribution in [0.1, 0.15) is 0 Å². The van der Waals surface area contributed by atoms with Crippen LogP contribution in [0.4, 0.5) is 0 Å². The molecule has 0 spiro atoms. The molecule has 0 bridgehead atoms. The Bertz CT molecular complexity index is 1130. The van der Waals surface area contributed by atoms with Gasteiger partial charge in [0.1, 0.15) is 0 Å². The van der Waals surface area contributed by atoms with Crippen LogP contribution in [0.2, 0.25) is 0 Å². The molecule has 5 aromatic carbocycles. The van der Waals surface area contributed by atoms with Gasteiger partial charge in [0.2, 0.25) is 0 Å². The van der Waals surface area contributed by atoms with Gasteiger partial charge in [0.05, 0.1) is 0 Å². The van der Waals surface area contributed by atoms with E-state index in [1.165, 1.54) is 32.4 Å². The fourth-order valence-corrected chi connectivity index (χ4v) is 15.9. The molecule has 0 fully saturated rings. The van der Waals surface area contributed by atoms with E-state index < -0.39 is 15.2 Å². The van der Waals surface area contributed by atoms with Gasteiger partial charge in [-0.3, -0.25) is 0 Å². The van der Waals surface area contributed by atoms with Crippen molar-refractivity contribution >= 4 is 41.7 Å². The quantitative estimate of drug-likeness (QED) is 0.107. The zero-order chi connectivity index (χ0) is 22.3. The first-order chi connectivity index (χ1) is 16.4. The van der Waals surface area contributed by atoms with E-state index in [9.17, 15) is 0 Å². The molecule has 1 radical (unpaired) electrons. The van der Waals surface area contributed by atoms with Crippen molar-refractivity contribution in [2.24, 2.45) is 0 Å². The second-order valence-corrected chi connectivity index (χ2v) is 15.5. The summed E-state index contributed by atoms with van der Waals surface area (Å²) in [7, 11) is -3.34. The zero-order valence-electron chi connectivity index (χ0n) is 22.0. The Labute approximate surface area is 240 Å². The van der Waals surface area contributed by atoms with Crippen molar-refractivity contribution in [3.8, 4) is 0 Å². The summed E-state index contributed by atoms with van der Waals surface area (Å²) in [5.74, 6) is 1.17. The topological polar surface area (TPSA) is 0 Å². The Kier molecular flexibility index (Phi) is 13.9. The SMILES string of the molecule is [CH3-].[CH3-].[CH3-].[Ru+3].c1ccc([PH+](C[PH](c2ccccc2)(c2ccccc2)c2ccccc2)c2ccccc2)cc1. The molecule has 0 aliphatic heterocycles. The molecular weight excluding hydrogens is 571 g/mol. The van der Waals surface area contributed by atoms with Gasteiger partial charge < -0.3 is 22.3 Å². The number of hydrogen-bond acceptors (Lipinski definition) is 0. The van der Waals surface area contributed by atoms with E-state index in [0.717, 1.165) is 0 Å². The van der Waals surface area contributed by atoms with Gasteiger partial charge >= 0.3 is 219 Å². The second-order valence-electron chi connectivity index (χ2n) is 8.39. The fourth-order valence-electron chi connectivity index (χ4n) is 4.89. The van der Waals surface area contributed by atoms with Crippen molar-refractivity contribution in [2.75, 3.05) is 5.90 Å². The van der Waals surface area contributed by atoms with Crippen LogP contribution >= 0.6 is 15.2 Å². The standard InChI is InChI=1S/C31H28P2.3CH3.Ru/c1-6-16-27(17-7-1)32(28-18-8-2-9-19-28)26-33(29-20-10-3-11-21-29,30-22-12-4-13-23-30)31-24-14-5-15-25-31;;;;/h1-25,33H,26H2;3*1H3;/q;3*-1;+3/p+1. The van der Waals surface area contributed by atoms with Crippen LogP contribution in [-0.4, -0.2) is 5.90 Å². The van der Waals surface area contributed by atoms with E-state index in [-0.39, 0.29) is 41.8 Å². The average molecular weight is 610 g/mol. The van der Waals surface area contributed by atoms with Crippen molar-refractivity contribution in [1.82, 2.24) is 0 Å².